The molecule has 2 unspecified atom stereocenters. The molecule has 1 aliphatic heterocycles. The second-order valence-electron chi connectivity index (χ2n) is 1.23. The van der Waals surface area contributed by atoms with Crippen LogP contribution < -0.4 is 0 Å². The van der Waals surface area contributed by atoms with Gasteiger partial charge in [-0.2, -0.15) is 25.3 Å². The van der Waals surface area contributed by atoms with E-state index in [9.17, 15) is 0 Å². The molecule has 2 atom stereocenters. The van der Waals surface area contributed by atoms with E-state index in [1.165, 1.54) is 0 Å². The van der Waals surface area contributed by atoms with Crippen LogP contribution in [0.25, 0.3) is 0 Å². The van der Waals surface area contributed by atoms with E-state index in [0.29, 0.717) is 9.16 Å². The highest BCUT2D eigenvalue weighted by molar-refractivity contribution is 8.28. The fraction of sp³-hybridized carbons (Fsp3) is 1.00. The van der Waals surface area contributed by atoms with Crippen molar-refractivity contribution in [2.24, 2.45) is 0 Å². The zero-order valence-corrected chi connectivity index (χ0v) is 6.99. The van der Waals surface area contributed by atoms with Gasteiger partial charge in [0.25, 0.3) is 0 Å². The summed E-state index contributed by atoms with van der Waals surface area (Å²) in [6, 6.07) is 0. The van der Waals surface area contributed by atoms with E-state index in [4.69, 9.17) is 0 Å². The number of hydrogen-bond acceptors (Lipinski definition) is 4. The molecule has 0 N–H and O–H groups in total. The average Bonchev–Trinajstić information content (AvgIpc) is 1.91. The number of thioether (sulfide) groups is 2. The highest BCUT2D eigenvalue weighted by atomic mass is 32.2. The van der Waals surface area contributed by atoms with Crippen LogP contribution in [0.3, 0.4) is 0 Å². The predicted octanol–water partition coefficient (Wildman–Crippen LogP) is 1.94. The normalized spacial score (nSPS) is 42.0. The van der Waals surface area contributed by atoms with Crippen LogP contribution in [0.4, 0.5) is 0 Å². The Kier molecular flexibility index (Phi) is 2.61. The molecule has 0 aliphatic carbocycles. The molecule has 0 radical (unpaired) electrons. The molecule has 0 nitrogen and oxygen atoms in total. The second kappa shape index (κ2) is 2.80. The number of hydrogen-bond donors (Lipinski definition) is 2. The van der Waals surface area contributed by atoms with Crippen LogP contribution in [0.5, 0.6) is 0 Å². The first kappa shape index (κ1) is 6.52. The van der Waals surface area contributed by atoms with Crippen LogP contribution in [-0.2, 0) is 0 Å². The lowest BCUT2D eigenvalue weighted by Crippen LogP contribution is -1.97. The third-order valence-corrected chi connectivity index (χ3v) is 5.34. The molecule has 4 heteroatoms. The Morgan fingerprint density at radius 1 is 1.14 bits per heavy atom. The van der Waals surface area contributed by atoms with Crippen molar-refractivity contribution in [2.45, 2.75) is 9.16 Å². The summed E-state index contributed by atoms with van der Waals surface area (Å²) in [5.74, 6) is 0. The fourth-order valence-corrected chi connectivity index (χ4v) is 4.19. The molecule has 0 saturated carbocycles. The summed E-state index contributed by atoms with van der Waals surface area (Å²) in [5, 5.41) is 1.16. The molecule has 0 aromatic heterocycles. The zero-order valence-electron chi connectivity index (χ0n) is 3.57. The lowest BCUT2D eigenvalue weighted by Gasteiger charge is -2.01. The molecule has 7 heavy (non-hydrogen) atoms. The van der Waals surface area contributed by atoms with Gasteiger partial charge in [0.1, 0.15) is 0 Å². The third kappa shape index (κ3) is 1.66. The molecule has 0 bridgehead atoms. The smallest absolute Gasteiger partial charge is 0.0688 e. The Balaban J connectivity index is 2.33. The van der Waals surface area contributed by atoms with Gasteiger partial charge >= 0.3 is 0 Å². The van der Waals surface area contributed by atoms with Crippen molar-refractivity contribution >= 4 is 48.8 Å². The Bertz CT molecular complexity index is 56.0. The van der Waals surface area contributed by atoms with Gasteiger partial charge in [-0.1, -0.05) is 0 Å². The molecule has 1 aliphatic rings. The van der Waals surface area contributed by atoms with E-state index in [0.717, 1.165) is 5.08 Å². The molecule has 42 valence electrons. The summed E-state index contributed by atoms with van der Waals surface area (Å²) < 4.78 is 0.904. The summed E-state index contributed by atoms with van der Waals surface area (Å²) in [7, 11) is 0. The van der Waals surface area contributed by atoms with Gasteiger partial charge in [-0.3, -0.25) is 0 Å². The van der Waals surface area contributed by atoms with Crippen molar-refractivity contribution in [1.29, 1.82) is 0 Å². The van der Waals surface area contributed by atoms with Crippen molar-refractivity contribution in [3.05, 3.63) is 0 Å². The average molecular weight is 170 g/mol. The van der Waals surface area contributed by atoms with Gasteiger partial charge in [-0.25, -0.2) is 0 Å². The molecule has 1 saturated heterocycles. The van der Waals surface area contributed by atoms with Gasteiger partial charge in [-0.15, -0.1) is 23.5 Å². The van der Waals surface area contributed by atoms with Crippen molar-refractivity contribution < 1.29 is 0 Å². The zero-order chi connectivity index (χ0) is 5.28. The molecule has 1 rings (SSSR count). The van der Waals surface area contributed by atoms with Crippen LogP contribution in [0.15, 0.2) is 0 Å². The maximum atomic E-state index is 4.25. The topological polar surface area (TPSA) is 0 Å². The van der Waals surface area contributed by atoms with Crippen molar-refractivity contribution in [3.8, 4) is 0 Å². The molecule has 0 aromatic carbocycles. The molecular formula is C3H6S4. The largest absolute Gasteiger partial charge is 0.163 e. The van der Waals surface area contributed by atoms with Crippen LogP contribution in [0.2, 0.25) is 0 Å². The highest BCUT2D eigenvalue weighted by Gasteiger charge is 2.20. The quantitative estimate of drug-likeness (QED) is 0.533. The Labute approximate surface area is 63.0 Å². The van der Waals surface area contributed by atoms with E-state index in [-0.39, 0.29) is 0 Å². The van der Waals surface area contributed by atoms with Crippen molar-refractivity contribution in [3.63, 3.8) is 0 Å². The first-order chi connectivity index (χ1) is 3.30. The summed E-state index contributed by atoms with van der Waals surface area (Å²) in [6.07, 6.45) is 0. The summed E-state index contributed by atoms with van der Waals surface area (Å²) in [6.45, 7) is 0. The van der Waals surface area contributed by atoms with Crippen molar-refractivity contribution in [2.75, 3.05) is 5.08 Å². The van der Waals surface area contributed by atoms with E-state index in [2.05, 4.69) is 25.3 Å². The first-order valence-electron chi connectivity index (χ1n) is 1.90. The van der Waals surface area contributed by atoms with Gasteiger partial charge in [0.05, 0.1) is 9.16 Å². The highest BCUT2D eigenvalue weighted by Crippen LogP contribution is 2.40. The van der Waals surface area contributed by atoms with Crippen LogP contribution in [0, 0.1) is 0 Å². The SMILES string of the molecule is SC1SCSC1S. The van der Waals surface area contributed by atoms with Crippen LogP contribution >= 0.6 is 48.8 Å². The van der Waals surface area contributed by atoms with Gasteiger partial charge < -0.3 is 0 Å². The molecule has 0 amide bonds. The van der Waals surface area contributed by atoms with Gasteiger partial charge in [0.15, 0.2) is 0 Å². The molecule has 1 heterocycles. The van der Waals surface area contributed by atoms with Crippen LogP contribution in [0.1, 0.15) is 0 Å². The van der Waals surface area contributed by atoms with Crippen molar-refractivity contribution in [1.82, 2.24) is 0 Å². The third-order valence-electron chi connectivity index (χ3n) is 0.722. The minimum absolute atomic E-state index is 0.452. The molecule has 1 fully saturated rings. The molecular weight excluding hydrogens is 164 g/mol. The minimum Gasteiger partial charge on any atom is -0.163 e. The van der Waals surface area contributed by atoms with Crippen LogP contribution in [-0.4, -0.2) is 14.2 Å². The number of thiol groups is 2. The lowest BCUT2D eigenvalue weighted by atomic mass is 10.9. The second-order valence-corrected chi connectivity index (χ2v) is 5.67. The fourth-order valence-electron chi connectivity index (χ4n) is 0.343. The number of rotatable bonds is 0. The monoisotopic (exact) mass is 170 g/mol. The minimum atomic E-state index is 0.452. The Hall–Kier alpha value is 1.40. The first-order valence-corrected chi connectivity index (χ1v) is 5.03. The van der Waals surface area contributed by atoms with Gasteiger partial charge in [0.2, 0.25) is 0 Å². The molecule has 0 aromatic rings. The summed E-state index contributed by atoms with van der Waals surface area (Å²) >= 11 is 12.2. The van der Waals surface area contributed by atoms with E-state index >= 15 is 0 Å². The maximum Gasteiger partial charge on any atom is 0.0688 e. The predicted molar refractivity (Wildman–Crippen MR) is 45.6 cm³/mol. The van der Waals surface area contributed by atoms with E-state index in [1.54, 1.807) is 0 Å². The van der Waals surface area contributed by atoms with Gasteiger partial charge in [0, 0.05) is 5.08 Å². The van der Waals surface area contributed by atoms with E-state index in [1.807, 2.05) is 23.5 Å². The summed E-state index contributed by atoms with van der Waals surface area (Å²) in [5.41, 5.74) is 0. The lowest BCUT2D eigenvalue weighted by molar-refractivity contribution is 1.41. The summed E-state index contributed by atoms with van der Waals surface area (Å²) in [4.78, 5) is 0. The molecule has 0 spiro atoms. The van der Waals surface area contributed by atoms with Gasteiger partial charge in [-0.05, 0) is 0 Å². The Morgan fingerprint density at radius 3 is 1.71 bits per heavy atom. The van der Waals surface area contributed by atoms with E-state index < -0.39 is 0 Å². The maximum absolute atomic E-state index is 4.25. The Morgan fingerprint density at radius 2 is 1.57 bits per heavy atom. The standard InChI is InChI=1S/C3H6S4/c4-2-3(5)7-1-6-2/h2-5H,1H2.